The van der Waals surface area contributed by atoms with Crippen LogP contribution in [0.2, 0.25) is 0 Å². The molecule has 0 amide bonds. The van der Waals surface area contributed by atoms with E-state index in [0.29, 0.717) is 0 Å². The van der Waals surface area contributed by atoms with E-state index in [-0.39, 0.29) is 5.41 Å². The monoisotopic (exact) mass is 844 g/mol. The first-order chi connectivity index (χ1) is 32.5. The predicted molar refractivity (Wildman–Crippen MR) is 277 cm³/mol. The summed E-state index contributed by atoms with van der Waals surface area (Å²) in [7, 11) is 0. The minimum absolute atomic E-state index is 0.114. The third kappa shape index (κ3) is 5.90. The van der Waals surface area contributed by atoms with Crippen molar-refractivity contribution < 1.29 is 4.74 Å². The van der Waals surface area contributed by atoms with Gasteiger partial charge in [-0.2, -0.15) is 0 Å². The number of nitrogens with zero attached hydrogens (tertiary/aromatic N) is 2. The third-order valence-corrected chi connectivity index (χ3v) is 14.0. The van der Waals surface area contributed by atoms with Crippen molar-refractivity contribution in [2.75, 3.05) is 9.80 Å². The molecule has 66 heavy (non-hydrogen) atoms. The lowest BCUT2D eigenvalue weighted by Crippen LogP contribution is -2.16. The average molecular weight is 845 g/mol. The highest BCUT2D eigenvalue weighted by Gasteiger charge is 2.36. The zero-order chi connectivity index (χ0) is 43.9. The van der Waals surface area contributed by atoms with E-state index in [1.165, 1.54) is 65.9 Å². The fraction of sp³-hybridized carbons (Fsp3) is 0.0476. The van der Waals surface area contributed by atoms with Gasteiger partial charge in [-0.25, -0.2) is 0 Å². The topological polar surface area (TPSA) is 15.7 Å². The van der Waals surface area contributed by atoms with E-state index >= 15 is 0 Å². The van der Waals surface area contributed by atoms with Crippen molar-refractivity contribution in [3.05, 3.63) is 242 Å². The lowest BCUT2D eigenvalue weighted by molar-refractivity contribution is 0.487. The first kappa shape index (κ1) is 38.1. The van der Waals surface area contributed by atoms with Crippen molar-refractivity contribution in [2.45, 2.75) is 19.3 Å². The predicted octanol–water partition coefficient (Wildman–Crippen LogP) is 17.8. The molecule has 0 unspecified atom stereocenters. The first-order valence-electron chi connectivity index (χ1n) is 22.8. The Bertz CT molecular complexity index is 3650. The van der Waals surface area contributed by atoms with Crippen LogP contribution in [0.4, 0.5) is 34.1 Å². The molecule has 11 aromatic rings. The molecule has 0 spiro atoms. The maximum atomic E-state index is 6.99. The van der Waals surface area contributed by atoms with Crippen LogP contribution in [0, 0.1) is 0 Å². The van der Waals surface area contributed by atoms with Crippen molar-refractivity contribution in [1.29, 1.82) is 0 Å². The Morgan fingerprint density at radius 3 is 1.50 bits per heavy atom. The summed E-state index contributed by atoms with van der Waals surface area (Å²) >= 11 is 0. The van der Waals surface area contributed by atoms with E-state index < -0.39 is 0 Å². The summed E-state index contributed by atoms with van der Waals surface area (Å²) in [4.78, 5) is 4.67. The van der Waals surface area contributed by atoms with Gasteiger partial charge in [0.1, 0.15) is 11.5 Å². The number of anilines is 6. The van der Waals surface area contributed by atoms with Gasteiger partial charge in [0.15, 0.2) is 0 Å². The van der Waals surface area contributed by atoms with E-state index in [1.54, 1.807) is 0 Å². The number of hydrogen-bond acceptors (Lipinski definition) is 3. The molecule has 2 aliphatic rings. The van der Waals surface area contributed by atoms with Gasteiger partial charge >= 0.3 is 0 Å². The third-order valence-electron chi connectivity index (χ3n) is 14.0. The fourth-order valence-electron chi connectivity index (χ4n) is 10.9. The molecule has 0 aromatic heterocycles. The van der Waals surface area contributed by atoms with Gasteiger partial charge < -0.3 is 14.5 Å². The van der Waals surface area contributed by atoms with Crippen molar-refractivity contribution in [1.82, 2.24) is 0 Å². The molecule has 3 heteroatoms. The minimum atomic E-state index is -0.114. The first-order valence-corrected chi connectivity index (χ1v) is 22.8. The van der Waals surface area contributed by atoms with Crippen molar-refractivity contribution in [3.8, 4) is 44.9 Å². The van der Waals surface area contributed by atoms with Crippen LogP contribution >= 0.6 is 0 Å². The smallest absolute Gasteiger partial charge is 0.137 e. The molecule has 1 heterocycles. The maximum Gasteiger partial charge on any atom is 0.137 e. The van der Waals surface area contributed by atoms with E-state index in [0.717, 1.165) is 56.6 Å². The highest BCUT2D eigenvalue weighted by atomic mass is 16.5. The summed E-state index contributed by atoms with van der Waals surface area (Å²) in [6, 6.07) is 83.6. The van der Waals surface area contributed by atoms with Crippen LogP contribution < -0.4 is 14.5 Å². The molecule has 0 saturated carbocycles. The number of benzene rings is 11. The van der Waals surface area contributed by atoms with Crippen LogP contribution in [0.15, 0.2) is 231 Å². The van der Waals surface area contributed by atoms with E-state index in [1.807, 2.05) is 0 Å². The number of para-hydroxylation sites is 3. The van der Waals surface area contributed by atoms with Crippen molar-refractivity contribution in [3.63, 3.8) is 0 Å². The average Bonchev–Trinajstić information content (AvgIpc) is 3.60. The van der Waals surface area contributed by atoms with Crippen molar-refractivity contribution in [2.24, 2.45) is 0 Å². The number of ether oxygens (including phenoxy) is 1. The van der Waals surface area contributed by atoms with Gasteiger partial charge in [0, 0.05) is 56.6 Å². The van der Waals surface area contributed by atoms with Crippen LogP contribution in [0.1, 0.15) is 25.0 Å². The van der Waals surface area contributed by atoms with Gasteiger partial charge in [0.25, 0.3) is 0 Å². The van der Waals surface area contributed by atoms with Crippen LogP contribution in [-0.2, 0) is 5.41 Å². The van der Waals surface area contributed by atoms with Gasteiger partial charge in [0.2, 0.25) is 0 Å². The second-order valence-corrected chi connectivity index (χ2v) is 18.1. The molecule has 13 rings (SSSR count). The molecule has 0 atom stereocenters. The highest BCUT2D eigenvalue weighted by Crippen LogP contribution is 2.54. The molecule has 0 fully saturated rings. The lowest BCUT2D eigenvalue weighted by atomic mass is 9.82. The van der Waals surface area contributed by atoms with Gasteiger partial charge in [-0.1, -0.05) is 147 Å². The second-order valence-electron chi connectivity index (χ2n) is 18.1. The molecule has 0 saturated heterocycles. The lowest BCUT2D eigenvalue weighted by Gasteiger charge is -2.29. The van der Waals surface area contributed by atoms with Crippen LogP contribution in [-0.4, -0.2) is 0 Å². The normalized spacial score (nSPS) is 12.9. The zero-order valence-corrected chi connectivity index (χ0v) is 36.7. The van der Waals surface area contributed by atoms with E-state index in [9.17, 15) is 0 Å². The Kier molecular flexibility index (Phi) is 8.56. The Morgan fingerprint density at radius 2 is 0.803 bits per heavy atom. The molecule has 0 N–H and O–H groups in total. The summed E-state index contributed by atoms with van der Waals surface area (Å²) in [6.45, 7) is 4.69. The van der Waals surface area contributed by atoms with Crippen molar-refractivity contribution >= 4 is 66.4 Å². The summed E-state index contributed by atoms with van der Waals surface area (Å²) in [5, 5.41) is 7.23. The second kappa shape index (κ2) is 14.8. The van der Waals surface area contributed by atoms with E-state index in [2.05, 4.69) is 254 Å². The van der Waals surface area contributed by atoms with Gasteiger partial charge in [-0.3, -0.25) is 0 Å². The van der Waals surface area contributed by atoms with E-state index in [4.69, 9.17) is 4.74 Å². The minimum Gasteiger partial charge on any atom is -0.456 e. The fourth-order valence-corrected chi connectivity index (χ4v) is 10.9. The summed E-state index contributed by atoms with van der Waals surface area (Å²) in [6.07, 6.45) is 0. The molecule has 3 nitrogen and oxygen atoms in total. The van der Waals surface area contributed by atoms with Gasteiger partial charge in [-0.05, 0) is 157 Å². The van der Waals surface area contributed by atoms with Crippen LogP contribution in [0.25, 0.3) is 65.7 Å². The molecule has 11 aromatic carbocycles. The zero-order valence-electron chi connectivity index (χ0n) is 36.7. The standard InChI is InChI=1S/C63H44N2O/c1-63(2)58-27-15-14-25-50(58)51-35-33-46(37-59(51)63)65(44-21-10-5-11-22-44)47-34-36-52-57-40-55-49-24-13-12-23-48(49)54(39-56(55)53-26-16-28-60(62(53)57)66-61(52)38-47)41-29-31-45(32-30-41)64(42-17-6-3-7-18-42)43-19-8-4-9-20-43/h3-40H,1-2H3. The summed E-state index contributed by atoms with van der Waals surface area (Å²) < 4.78 is 6.99. The highest BCUT2D eigenvalue weighted by molar-refractivity contribution is 6.25. The number of fused-ring (bicyclic) bond motifs is 9. The molecule has 1 aliphatic carbocycles. The number of hydrogen-bond donors (Lipinski definition) is 0. The molecule has 0 bridgehead atoms. The SMILES string of the molecule is CC1(C)c2ccccc2-c2ccc(N(c3ccccc3)c3ccc4c(c3)Oc3cccc5c3c-4cc3c4ccccc4c(-c4ccc(N(c6ccccc6)c6ccccc6)cc4)cc53)cc21. The molecule has 0 radical (unpaired) electrons. The Hall–Kier alpha value is -8.40. The largest absolute Gasteiger partial charge is 0.456 e. The quantitative estimate of drug-likeness (QED) is 0.149. The molecular formula is C63H44N2O. The van der Waals surface area contributed by atoms with Crippen LogP contribution in [0.3, 0.4) is 0 Å². The van der Waals surface area contributed by atoms with Crippen LogP contribution in [0.5, 0.6) is 11.5 Å². The Labute approximate surface area is 385 Å². The molecule has 1 aliphatic heterocycles. The summed E-state index contributed by atoms with van der Waals surface area (Å²) in [5.41, 5.74) is 16.5. The van der Waals surface area contributed by atoms with Gasteiger partial charge in [-0.15, -0.1) is 0 Å². The number of rotatable bonds is 7. The maximum absolute atomic E-state index is 6.99. The van der Waals surface area contributed by atoms with Gasteiger partial charge in [0.05, 0.1) is 0 Å². The Morgan fingerprint density at radius 1 is 0.303 bits per heavy atom. The summed E-state index contributed by atoms with van der Waals surface area (Å²) in [5.74, 6) is 1.72. The molecule has 312 valence electrons. The Balaban J connectivity index is 0.932. The molecular weight excluding hydrogens is 801 g/mol.